The van der Waals surface area contributed by atoms with Gasteiger partial charge in [-0.25, -0.2) is 0 Å². The van der Waals surface area contributed by atoms with E-state index in [4.69, 9.17) is 4.42 Å². The molecule has 1 heterocycles. The molecule has 0 bridgehead atoms. The smallest absolute Gasteiger partial charge is 0.260 e. The second-order valence-electron chi connectivity index (χ2n) is 5.74. The van der Waals surface area contributed by atoms with E-state index >= 15 is 0 Å². The number of hydrogen-bond donors (Lipinski definition) is 1. The SMILES string of the molecule is C=N/C(=C(\SCc1ccccc1)C(=O)NCc1ccco1)c1ccccc1. The van der Waals surface area contributed by atoms with Crippen molar-refractivity contribution in [1.82, 2.24) is 5.32 Å². The predicted molar refractivity (Wildman–Crippen MR) is 111 cm³/mol. The molecule has 0 saturated heterocycles. The molecule has 4 nitrogen and oxygen atoms in total. The molecule has 0 fully saturated rings. The number of thioether (sulfide) groups is 1. The van der Waals surface area contributed by atoms with Crippen LogP contribution in [0.15, 0.2) is 93.4 Å². The minimum absolute atomic E-state index is 0.196. The van der Waals surface area contributed by atoms with Gasteiger partial charge in [0.1, 0.15) is 5.76 Å². The summed E-state index contributed by atoms with van der Waals surface area (Å²) in [5.74, 6) is 1.16. The first kappa shape index (κ1) is 18.7. The van der Waals surface area contributed by atoms with E-state index in [1.807, 2.05) is 66.7 Å². The molecule has 136 valence electrons. The van der Waals surface area contributed by atoms with Gasteiger partial charge in [-0.3, -0.25) is 9.79 Å². The van der Waals surface area contributed by atoms with E-state index in [9.17, 15) is 4.79 Å². The number of aliphatic imine (C=N–C) groups is 1. The molecule has 27 heavy (non-hydrogen) atoms. The zero-order valence-electron chi connectivity index (χ0n) is 14.8. The summed E-state index contributed by atoms with van der Waals surface area (Å²) in [6.07, 6.45) is 1.59. The fourth-order valence-electron chi connectivity index (χ4n) is 2.52. The van der Waals surface area contributed by atoms with Gasteiger partial charge in [-0.1, -0.05) is 60.7 Å². The molecule has 2 aromatic carbocycles. The van der Waals surface area contributed by atoms with Crippen LogP contribution in [0.2, 0.25) is 0 Å². The lowest BCUT2D eigenvalue weighted by Gasteiger charge is -2.12. The van der Waals surface area contributed by atoms with Crippen molar-refractivity contribution in [2.75, 3.05) is 0 Å². The largest absolute Gasteiger partial charge is 0.467 e. The Labute approximate surface area is 163 Å². The molecule has 0 unspecified atom stereocenters. The third-order valence-electron chi connectivity index (χ3n) is 3.86. The van der Waals surface area contributed by atoms with Crippen molar-refractivity contribution in [3.63, 3.8) is 0 Å². The average Bonchev–Trinajstić information content (AvgIpc) is 3.24. The van der Waals surface area contributed by atoms with Gasteiger partial charge >= 0.3 is 0 Å². The molecule has 0 aliphatic heterocycles. The summed E-state index contributed by atoms with van der Waals surface area (Å²) in [6, 6.07) is 23.2. The van der Waals surface area contributed by atoms with E-state index in [-0.39, 0.29) is 5.91 Å². The van der Waals surface area contributed by atoms with Crippen LogP contribution in [-0.2, 0) is 17.1 Å². The van der Waals surface area contributed by atoms with Crippen LogP contribution in [0.3, 0.4) is 0 Å². The molecule has 3 rings (SSSR count). The molecular formula is C22H20N2O2S. The van der Waals surface area contributed by atoms with Crippen LogP contribution >= 0.6 is 11.8 Å². The Morgan fingerprint density at radius 2 is 1.70 bits per heavy atom. The molecule has 0 radical (unpaired) electrons. The average molecular weight is 376 g/mol. The number of carbonyl (C=O) groups is 1. The minimum Gasteiger partial charge on any atom is -0.467 e. The first-order valence-corrected chi connectivity index (χ1v) is 9.50. The number of carbonyl (C=O) groups excluding carboxylic acids is 1. The Balaban J connectivity index is 1.85. The first-order chi connectivity index (χ1) is 13.3. The van der Waals surface area contributed by atoms with Gasteiger partial charge in [0.05, 0.1) is 23.4 Å². The van der Waals surface area contributed by atoms with Crippen LogP contribution in [0, 0.1) is 0 Å². The van der Waals surface area contributed by atoms with Crippen LogP contribution in [-0.4, -0.2) is 12.6 Å². The fraction of sp³-hybridized carbons (Fsp3) is 0.0909. The van der Waals surface area contributed by atoms with Crippen LogP contribution in [0.25, 0.3) is 5.70 Å². The highest BCUT2D eigenvalue weighted by Crippen LogP contribution is 2.30. The standard InChI is InChI=1S/C22H20N2O2S/c1-23-20(18-11-6-3-7-12-18)21(27-16-17-9-4-2-5-10-17)22(25)24-15-19-13-8-14-26-19/h2-14H,1,15-16H2,(H,24,25)/b21-20-. The zero-order valence-corrected chi connectivity index (χ0v) is 15.6. The van der Waals surface area contributed by atoms with Crippen molar-refractivity contribution in [3.05, 3.63) is 101 Å². The van der Waals surface area contributed by atoms with E-state index in [1.165, 1.54) is 11.8 Å². The number of furan rings is 1. The normalized spacial score (nSPS) is 11.6. The van der Waals surface area contributed by atoms with Crippen molar-refractivity contribution < 1.29 is 9.21 Å². The van der Waals surface area contributed by atoms with E-state index < -0.39 is 0 Å². The highest BCUT2D eigenvalue weighted by atomic mass is 32.2. The second kappa shape index (κ2) is 9.59. The number of hydrogen-bond acceptors (Lipinski definition) is 4. The molecule has 0 spiro atoms. The maximum atomic E-state index is 12.9. The second-order valence-corrected chi connectivity index (χ2v) is 6.72. The van der Waals surface area contributed by atoms with E-state index in [0.717, 1.165) is 11.1 Å². The summed E-state index contributed by atoms with van der Waals surface area (Å²) in [4.78, 5) is 17.6. The lowest BCUT2D eigenvalue weighted by molar-refractivity contribution is -0.117. The van der Waals surface area contributed by atoms with Gasteiger partial charge in [0, 0.05) is 11.3 Å². The number of nitrogens with one attached hydrogen (secondary N) is 1. The maximum Gasteiger partial charge on any atom is 0.260 e. The van der Waals surface area contributed by atoms with Crippen LogP contribution in [0.1, 0.15) is 16.9 Å². The van der Waals surface area contributed by atoms with Crippen molar-refractivity contribution in [2.45, 2.75) is 12.3 Å². The third kappa shape index (κ3) is 5.21. The summed E-state index contributed by atoms with van der Waals surface area (Å²) >= 11 is 1.45. The summed E-state index contributed by atoms with van der Waals surface area (Å²) in [6.45, 7) is 4.01. The van der Waals surface area contributed by atoms with Crippen molar-refractivity contribution >= 4 is 30.1 Å². The van der Waals surface area contributed by atoms with Crippen LogP contribution in [0.5, 0.6) is 0 Å². The van der Waals surface area contributed by atoms with Crippen LogP contribution in [0.4, 0.5) is 0 Å². The summed E-state index contributed by atoms with van der Waals surface area (Å²) in [5.41, 5.74) is 2.57. The minimum atomic E-state index is -0.196. The molecule has 5 heteroatoms. The van der Waals surface area contributed by atoms with Crippen molar-refractivity contribution in [3.8, 4) is 0 Å². The molecule has 1 aromatic heterocycles. The Hall–Kier alpha value is -3.05. The highest BCUT2D eigenvalue weighted by Gasteiger charge is 2.17. The summed E-state index contributed by atoms with van der Waals surface area (Å²) in [5, 5.41) is 2.91. The van der Waals surface area contributed by atoms with Crippen LogP contribution < -0.4 is 5.32 Å². The van der Waals surface area contributed by atoms with Gasteiger partial charge in [-0.05, 0) is 24.4 Å². The molecule has 0 aliphatic carbocycles. The van der Waals surface area contributed by atoms with E-state index in [1.54, 1.807) is 12.3 Å². The van der Waals surface area contributed by atoms with Gasteiger partial charge in [0.25, 0.3) is 5.91 Å². The lowest BCUT2D eigenvalue weighted by Crippen LogP contribution is -2.24. The molecule has 3 aromatic rings. The molecule has 1 N–H and O–H groups in total. The lowest BCUT2D eigenvalue weighted by atomic mass is 10.1. The predicted octanol–water partition coefficient (Wildman–Crippen LogP) is 4.90. The van der Waals surface area contributed by atoms with E-state index in [2.05, 4.69) is 17.0 Å². The highest BCUT2D eigenvalue weighted by molar-refractivity contribution is 8.03. The van der Waals surface area contributed by atoms with Crippen molar-refractivity contribution in [2.24, 2.45) is 4.99 Å². The Bertz CT molecular complexity index is 904. The number of amides is 1. The fourth-order valence-corrected chi connectivity index (χ4v) is 3.55. The summed E-state index contributed by atoms with van der Waals surface area (Å²) < 4.78 is 5.29. The first-order valence-electron chi connectivity index (χ1n) is 8.51. The quantitative estimate of drug-likeness (QED) is 0.449. The Morgan fingerprint density at radius 1 is 1.00 bits per heavy atom. The monoisotopic (exact) mass is 376 g/mol. The topological polar surface area (TPSA) is 54.6 Å². The zero-order chi connectivity index (χ0) is 18.9. The number of rotatable bonds is 8. The molecule has 1 amide bonds. The van der Waals surface area contributed by atoms with Gasteiger partial charge in [0.15, 0.2) is 0 Å². The molecule has 0 saturated carbocycles. The number of benzene rings is 2. The van der Waals surface area contributed by atoms with Crippen molar-refractivity contribution in [1.29, 1.82) is 0 Å². The molecular weight excluding hydrogens is 356 g/mol. The Kier molecular flexibility index (Phi) is 6.66. The van der Waals surface area contributed by atoms with Gasteiger partial charge in [-0.2, -0.15) is 0 Å². The molecule has 0 atom stereocenters. The van der Waals surface area contributed by atoms with Gasteiger partial charge in [0.2, 0.25) is 0 Å². The van der Waals surface area contributed by atoms with E-state index in [0.29, 0.717) is 28.7 Å². The van der Waals surface area contributed by atoms with Gasteiger partial charge in [-0.15, -0.1) is 11.8 Å². The summed E-state index contributed by atoms with van der Waals surface area (Å²) in [7, 11) is 0. The third-order valence-corrected chi connectivity index (χ3v) is 5.00. The molecule has 0 aliphatic rings. The van der Waals surface area contributed by atoms with Gasteiger partial charge < -0.3 is 9.73 Å². The number of nitrogens with zero attached hydrogens (tertiary/aromatic N) is 1. The maximum absolute atomic E-state index is 12.9. The Morgan fingerprint density at radius 3 is 2.33 bits per heavy atom.